The van der Waals surface area contributed by atoms with Crippen molar-refractivity contribution in [3.8, 4) is 16.9 Å². The number of aliphatic hydroxyl groups is 5. The second-order valence-electron chi connectivity index (χ2n) is 13.3. The number of aromatic nitrogens is 1. The number of benzene rings is 2. The Balaban J connectivity index is 1.16. The van der Waals surface area contributed by atoms with Crippen molar-refractivity contribution in [1.82, 2.24) is 9.88 Å². The van der Waals surface area contributed by atoms with Crippen LogP contribution in [0.25, 0.3) is 11.1 Å². The molecule has 2 aromatic carbocycles. The maximum absolute atomic E-state index is 12.7. The summed E-state index contributed by atoms with van der Waals surface area (Å²) in [6, 6.07) is 13.8. The summed E-state index contributed by atoms with van der Waals surface area (Å²) in [6.45, 7) is 1.27. The van der Waals surface area contributed by atoms with Crippen LogP contribution in [0.4, 0.5) is 0 Å². The highest BCUT2D eigenvalue weighted by atomic mass is 35.5. The Kier molecular flexibility index (Phi) is 12.6. The lowest BCUT2D eigenvalue weighted by Crippen LogP contribution is -2.49. The summed E-state index contributed by atoms with van der Waals surface area (Å²) in [5.74, 6) is 0.624. The van der Waals surface area contributed by atoms with E-state index in [9.17, 15) is 25.2 Å². The molecule has 0 bridgehead atoms. The number of carbonyl (C=O) groups is 1. The Hall–Kier alpha value is -2.80. The van der Waals surface area contributed by atoms with Crippen LogP contribution in [-0.4, -0.2) is 92.0 Å². The van der Waals surface area contributed by atoms with Gasteiger partial charge in [0.1, 0.15) is 30.2 Å². The summed E-state index contributed by atoms with van der Waals surface area (Å²) in [4.78, 5) is 18.4. The van der Waals surface area contributed by atoms with Crippen molar-refractivity contribution >= 4 is 29.1 Å². The van der Waals surface area contributed by atoms with Gasteiger partial charge in [-0.3, -0.25) is 9.78 Å². The third-order valence-corrected chi connectivity index (χ3v) is 10.1. The van der Waals surface area contributed by atoms with Crippen LogP contribution in [-0.2, 0) is 21.7 Å². The molecule has 266 valence electrons. The monoisotopic (exact) mass is 716 g/mol. The highest BCUT2D eigenvalue weighted by Gasteiger charge is 2.48. The van der Waals surface area contributed by atoms with E-state index in [1.54, 1.807) is 6.20 Å². The third-order valence-electron chi connectivity index (χ3n) is 9.45. The molecule has 2 aliphatic carbocycles. The Labute approximate surface area is 297 Å². The SMILES string of the molecule is CC(CCCC(=O)N(C)CC(O)C(O)C(O)C(O)CO)c1cc(Cl)c(COC2(c3cnccc3-c3ccccc3OC3CC3)CC2)cc1Cl. The van der Waals surface area contributed by atoms with Crippen molar-refractivity contribution in [1.29, 1.82) is 0 Å². The van der Waals surface area contributed by atoms with Crippen molar-refractivity contribution in [3.63, 3.8) is 0 Å². The first-order valence-electron chi connectivity index (χ1n) is 16.8. The summed E-state index contributed by atoms with van der Waals surface area (Å²) in [6.07, 6.45) is 2.64. The number of halogens is 2. The molecule has 49 heavy (non-hydrogen) atoms. The topological polar surface area (TPSA) is 153 Å². The fourth-order valence-corrected chi connectivity index (χ4v) is 6.62. The molecule has 0 spiro atoms. The number of rotatable bonds is 18. The number of amides is 1. The van der Waals surface area contributed by atoms with Crippen molar-refractivity contribution in [2.24, 2.45) is 0 Å². The van der Waals surface area contributed by atoms with E-state index in [2.05, 4.69) is 11.1 Å². The summed E-state index contributed by atoms with van der Waals surface area (Å²) >= 11 is 13.5. The number of likely N-dealkylation sites (N-methyl/N-ethyl adjacent to an activating group) is 1. The van der Waals surface area contributed by atoms with Crippen LogP contribution in [0.2, 0.25) is 10.0 Å². The van der Waals surface area contributed by atoms with Gasteiger partial charge in [0.25, 0.3) is 0 Å². The lowest BCUT2D eigenvalue weighted by Gasteiger charge is -2.28. The van der Waals surface area contributed by atoms with Crippen LogP contribution < -0.4 is 4.74 Å². The van der Waals surface area contributed by atoms with Crippen molar-refractivity contribution in [2.75, 3.05) is 20.2 Å². The summed E-state index contributed by atoms with van der Waals surface area (Å²) < 4.78 is 12.8. The Morgan fingerprint density at radius 3 is 2.43 bits per heavy atom. The first-order chi connectivity index (χ1) is 23.4. The van der Waals surface area contributed by atoms with Gasteiger partial charge in [-0.2, -0.15) is 0 Å². The first-order valence-corrected chi connectivity index (χ1v) is 17.6. The fraction of sp³-hybridized carbons (Fsp3) is 0.514. The van der Waals surface area contributed by atoms with Crippen LogP contribution in [0.1, 0.15) is 74.5 Å². The van der Waals surface area contributed by atoms with E-state index in [0.717, 1.165) is 59.3 Å². The van der Waals surface area contributed by atoms with Crippen molar-refractivity contribution < 1.29 is 39.8 Å². The number of hydrogen-bond acceptors (Lipinski definition) is 9. The number of nitrogens with zero attached hydrogens (tertiary/aromatic N) is 2. The average Bonchev–Trinajstić information content (AvgIpc) is 4.05. The maximum Gasteiger partial charge on any atom is 0.222 e. The normalized spacial score (nSPS) is 18.3. The van der Waals surface area contributed by atoms with E-state index in [1.165, 1.54) is 11.9 Å². The number of pyridine rings is 1. The second-order valence-corrected chi connectivity index (χ2v) is 14.2. The second kappa shape index (κ2) is 16.5. The Bertz CT molecular complexity index is 1580. The zero-order valence-electron chi connectivity index (χ0n) is 27.8. The molecule has 0 radical (unpaired) electrons. The standard InChI is InChI=1S/C37H46Cl2N2O8/c1-22(6-5-9-34(45)41(2)19-31(43)35(46)36(47)32(44)20-42)27-17-29(38)23(16-30(27)39)21-48-37(13-14-37)28-18-40-15-12-25(28)26-7-3-4-8-33(26)49-24-10-11-24/h3-4,7-8,12,15-18,22,24,31-32,35-36,42-44,46-47H,5-6,9-11,13-14,19-21H2,1-2H3. The molecule has 2 fully saturated rings. The molecule has 5 atom stereocenters. The molecule has 3 aromatic rings. The van der Waals surface area contributed by atoms with Crippen molar-refractivity contribution in [2.45, 2.75) is 101 Å². The fourth-order valence-electron chi connectivity index (χ4n) is 6.02. The summed E-state index contributed by atoms with van der Waals surface area (Å²) in [7, 11) is 1.48. The zero-order chi connectivity index (χ0) is 35.3. The van der Waals surface area contributed by atoms with E-state index < -0.39 is 36.6 Å². The van der Waals surface area contributed by atoms with Crippen LogP contribution in [0, 0.1) is 0 Å². The van der Waals surface area contributed by atoms with Crippen LogP contribution in [0.15, 0.2) is 54.9 Å². The highest BCUT2D eigenvalue weighted by Crippen LogP contribution is 2.53. The molecular weight excluding hydrogens is 671 g/mol. The number of ether oxygens (including phenoxy) is 2. The largest absolute Gasteiger partial charge is 0.490 e. The van der Waals surface area contributed by atoms with Gasteiger partial charge in [-0.25, -0.2) is 0 Å². The van der Waals surface area contributed by atoms with Gasteiger partial charge in [0.2, 0.25) is 5.91 Å². The van der Waals surface area contributed by atoms with Gasteiger partial charge in [-0.1, -0.05) is 48.3 Å². The summed E-state index contributed by atoms with van der Waals surface area (Å²) in [5.41, 5.74) is 4.28. The maximum atomic E-state index is 12.7. The average molecular weight is 718 g/mol. The number of carbonyl (C=O) groups excluding carboxylic acids is 1. The van der Waals surface area contributed by atoms with Gasteiger partial charge >= 0.3 is 0 Å². The molecule has 5 unspecified atom stereocenters. The molecular formula is C37H46Cl2N2O8. The zero-order valence-corrected chi connectivity index (χ0v) is 29.4. The molecule has 12 heteroatoms. The lowest BCUT2D eigenvalue weighted by molar-refractivity contribution is -0.138. The molecule has 1 heterocycles. The van der Waals surface area contributed by atoms with Gasteiger partial charge in [-0.15, -0.1) is 0 Å². The minimum atomic E-state index is -1.75. The van der Waals surface area contributed by atoms with E-state index in [-0.39, 0.29) is 37.5 Å². The van der Waals surface area contributed by atoms with E-state index in [0.29, 0.717) is 22.9 Å². The minimum absolute atomic E-state index is 0.00579. The molecule has 5 rings (SSSR count). The third kappa shape index (κ3) is 9.31. The van der Waals surface area contributed by atoms with Gasteiger partial charge in [0.05, 0.1) is 24.9 Å². The lowest BCUT2D eigenvalue weighted by atomic mass is 9.94. The molecule has 0 saturated heterocycles. The number of hydrogen-bond donors (Lipinski definition) is 5. The quantitative estimate of drug-likeness (QED) is 0.123. The predicted octanol–water partition coefficient (Wildman–Crippen LogP) is 4.97. The van der Waals surface area contributed by atoms with Crippen molar-refractivity contribution in [3.05, 3.63) is 81.6 Å². The van der Waals surface area contributed by atoms with Crippen LogP contribution in [0.3, 0.4) is 0 Å². The molecule has 10 nitrogen and oxygen atoms in total. The minimum Gasteiger partial charge on any atom is -0.490 e. The van der Waals surface area contributed by atoms with Gasteiger partial charge in [-0.05, 0) is 85.4 Å². The molecule has 2 saturated carbocycles. The molecule has 1 aromatic heterocycles. The molecule has 2 aliphatic rings. The smallest absolute Gasteiger partial charge is 0.222 e. The number of aliphatic hydroxyl groups excluding tert-OH is 5. The Morgan fingerprint density at radius 2 is 1.73 bits per heavy atom. The van der Waals surface area contributed by atoms with E-state index in [1.807, 2.05) is 49.5 Å². The van der Waals surface area contributed by atoms with Gasteiger partial charge in [0, 0.05) is 53.6 Å². The molecule has 1 amide bonds. The Morgan fingerprint density at radius 1 is 1.02 bits per heavy atom. The van der Waals surface area contributed by atoms with Crippen LogP contribution >= 0.6 is 23.2 Å². The highest BCUT2D eigenvalue weighted by molar-refractivity contribution is 6.34. The first kappa shape index (κ1) is 37.5. The molecule has 0 aliphatic heterocycles. The predicted molar refractivity (Wildman–Crippen MR) is 187 cm³/mol. The van der Waals surface area contributed by atoms with Gasteiger partial charge < -0.3 is 39.9 Å². The number of para-hydroxylation sites is 1. The van der Waals surface area contributed by atoms with Gasteiger partial charge in [0.15, 0.2) is 0 Å². The molecule has 5 N–H and O–H groups in total. The van der Waals surface area contributed by atoms with E-state index >= 15 is 0 Å². The summed E-state index contributed by atoms with van der Waals surface area (Å²) in [5, 5.41) is 49.6. The van der Waals surface area contributed by atoms with E-state index in [4.69, 9.17) is 37.8 Å². The van der Waals surface area contributed by atoms with Crippen LogP contribution in [0.5, 0.6) is 5.75 Å².